The fourth-order valence-corrected chi connectivity index (χ4v) is 5.18. The number of anilines is 2. The molecule has 0 saturated carbocycles. The molecule has 9 heteroatoms. The average Bonchev–Trinajstić information content (AvgIpc) is 2.74. The number of rotatable bonds is 1. The fourth-order valence-electron chi connectivity index (χ4n) is 4.95. The van der Waals surface area contributed by atoms with Crippen molar-refractivity contribution in [1.29, 1.82) is 0 Å². The summed E-state index contributed by atoms with van der Waals surface area (Å²) in [5.41, 5.74) is 0.273. The number of hydrogen-bond donors (Lipinski definition) is 1. The van der Waals surface area contributed by atoms with Crippen LogP contribution in [0.3, 0.4) is 0 Å². The number of nitrogens with zero attached hydrogens (tertiary/aromatic N) is 3. The van der Waals surface area contributed by atoms with Crippen LogP contribution in [0.2, 0.25) is 5.02 Å². The van der Waals surface area contributed by atoms with E-state index in [1.54, 1.807) is 6.07 Å². The van der Waals surface area contributed by atoms with Crippen molar-refractivity contribution in [2.75, 3.05) is 36.5 Å². The lowest BCUT2D eigenvalue weighted by molar-refractivity contribution is -0.145. The van der Waals surface area contributed by atoms with E-state index in [4.69, 9.17) is 11.6 Å². The Morgan fingerprint density at radius 1 is 1.10 bits per heavy atom. The molecule has 0 radical (unpaired) electrons. The number of halogens is 2. The van der Waals surface area contributed by atoms with E-state index in [9.17, 15) is 18.8 Å². The molecule has 0 aliphatic carbocycles. The first-order valence-electron chi connectivity index (χ1n) is 10.0. The Hall–Kier alpha value is -2.97. The van der Waals surface area contributed by atoms with Crippen LogP contribution < -0.4 is 15.1 Å². The number of piperazine rings is 1. The number of nitrogens with one attached hydrogen (secondary N) is 1. The van der Waals surface area contributed by atoms with E-state index in [1.165, 1.54) is 24.3 Å². The van der Waals surface area contributed by atoms with Crippen molar-refractivity contribution >= 4 is 40.8 Å². The van der Waals surface area contributed by atoms with Gasteiger partial charge in [-0.3, -0.25) is 14.9 Å². The lowest BCUT2D eigenvalue weighted by Gasteiger charge is -2.55. The molecule has 4 amide bonds. The van der Waals surface area contributed by atoms with Crippen molar-refractivity contribution in [3.8, 4) is 0 Å². The minimum absolute atomic E-state index is 0.0760. The molecule has 2 fully saturated rings. The van der Waals surface area contributed by atoms with Gasteiger partial charge in [-0.15, -0.1) is 0 Å². The third-order valence-electron chi connectivity index (χ3n) is 6.51. The molecule has 0 aromatic heterocycles. The SMILES string of the molecule is CN1CCN2c3cccc(Cl)c3C[C@]3(C(=O)NC(=O)N(c4ccc(F)cc4)C3=O)[C@H]2C1. The smallest absolute Gasteiger partial charge is 0.335 e. The van der Waals surface area contributed by atoms with E-state index < -0.39 is 35.1 Å². The normalized spacial score (nSPS) is 26.0. The molecule has 1 N–H and O–H groups in total. The van der Waals surface area contributed by atoms with Gasteiger partial charge >= 0.3 is 6.03 Å². The van der Waals surface area contributed by atoms with E-state index >= 15 is 0 Å². The molecule has 31 heavy (non-hydrogen) atoms. The van der Waals surface area contributed by atoms with Gasteiger partial charge in [0.2, 0.25) is 5.91 Å². The van der Waals surface area contributed by atoms with Crippen LogP contribution in [0.4, 0.5) is 20.6 Å². The molecular formula is C22H20ClFN4O3. The molecule has 5 rings (SSSR count). The summed E-state index contributed by atoms with van der Waals surface area (Å²) in [6, 6.07) is 9.26. The zero-order valence-corrected chi connectivity index (χ0v) is 17.5. The number of amides is 4. The minimum atomic E-state index is -1.55. The third kappa shape index (κ3) is 2.85. The molecule has 3 aliphatic rings. The van der Waals surface area contributed by atoms with Gasteiger partial charge in [-0.1, -0.05) is 17.7 Å². The van der Waals surface area contributed by atoms with E-state index in [-0.39, 0.29) is 12.1 Å². The molecular weight excluding hydrogens is 423 g/mol. The van der Waals surface area contributed by atoms with Crippen molar-refractivity contribution in [1.82, 2.24) is 10.2 Å². The van der Waals surface area contributed by atoms with Gasteiger partial charge in [0.15, 0.2) is 5.41 Å². The van der Waals surface area contributed by atoms with Crippen molar-refractivity contribution < 1.29 is 18.8 Å². The zero-order valence-electron chi connectivity index (χ0n) is 16.8. The Labute approximate surface area is 183 Å². The summed E-state index contributed by atoms with van der Waals surface area (Å²) in [5.74, 6) is -1.74. The zero-order chi connectivity index (χ0) is 21.9. The largest absolute Gasteiger partial charge is 0.364 e. The second-order valence-electron chi connectivity index (χ2n) is 8.23. The van der Waals surface area contributed by atoms with Gasteiger partial charge in [-0.2, -0.15) is 0 Å². The van der Waals surface area contributed by atoms with Gasteiger partial charge in [-0.05, 0) is 49.0 Å². The molecule has 2 saturated heterocycles. The summed E-state index contributed by atoms with van der Waals surface area (Å²) in [7, 11) is 1.94. The summed E-state index contributed by atoms with van der Waals surface area (Å²) in [6.45, 7) is 1.84. The Kier molecular flexibility index (Phi) is 4.53. The first kappa shape index (κ1) is 20.0. The second kappa shape index (κ2) is 7.03. The van der Waals surface area contributed by atoms with Crippen molar-refractivity contribution in [3.05, 3.63) is 58.9 Å². The van der Waals surface area contributed by atoms with E-state index in [2.05, 4.69) is 15.1 Å². The number of carbonyl (C=O) groups is 3. The quantitative estimate of drug-likeness (QED) is 0.687. The van der Waals surface area contributed by atoms with Gasteiger partial charge < -0.3 is 9.80 Å². The van der Waals surface area contributed by atoms with Crippen LogP contribution in [0.5, 0.6) is 0 Å². The molecule has 1 spiro atoms. The van der Waals surface area contributed by atoms with Crippen LogP contribution in [-0.4, -0.2) is 55.5 Å². The third-order valence-corrected chi connectivity index (χ3v) is 6.86. The van der Waals surface area contributed by atoms with Crippen LogP contribution in [0.15, 0.2) is 42.5 Å². The van der Waals surface area contributed by atoms with E-state index in [0.29, 0.717) is 23.7 Å². The molecule has 0 unspecified atom stereocenters. The molecule has 2 aromatic carbocycles. The standard InChI is InChI=1S/C22H20ClFN4O3/c1-26-9-10-27-17-4-2-3-16(23)15(17)11-22(18(27)12-26)19(29)25-21(31)28(20(22)30)14-7-5-13(24)6-8-14/h2-8,18H,9-12H2,1H3,(H,25,29,31)/t18-,22-/m1/s1. The summed E-state index contributed by atoms with van der Waals surface area (Å²) in [4.78, 5) is 45.1. The van der Waals surface area contributed by atoms with Crippen LogP contribution in [0, 0.1) is 11.2 Å². The number of fused-ring (bicyclic) bond motifs is 4. The number of imide groups is 2. The molecule has 2 aromatic rings. The monoisotopic (exact) mass is 442 g/mol. The molecule has 7 nitrogen and oxygen atoms in total. The summed E-state index contributed by atoms with van der Waals surface area (Å²) in [6.07, 6.45) is 0.0760. The first-order chi connectivity index (χ1) is 14.8. The Morgan fingerprint density at radius 3 is 2.58 bits per heavy atom. The lowest BCUT2D eigenvalue weighted by atomic mass is 9.67. The maximum Gasteiger partial charge on any atom is 0.335 e. The number of likely N-dealkylation sites (N-methyl/N-ethyl adjacent to an activating group) is 1. The second-order valence-corrected chi connectivity index (χ2v) is 8.64. The van der Waals surface area contributed by atoms with Gasteiger partial charge in [0.1, 0.15) is 5.82 Å². The summed E-state index contributed by atoms with van der Waals surface area (Å²) >= 11 is 6.50. The van der Waals surface area contributed by atoms with Gasteiger partial charge in [0.05, 0.1) is 11.7 Å². The number of barbiturate groups is 1. The highest BCUT2D eigenvalue weighted by molar-refractivity contribution is 6.33. The highest BCUT2D eigenvalue weighted by Gasteiger charge is 2.63. The van der Waals surface area contributed by atoms with Crippen molar-refractivity contribution in [3.63, 3.8) is 0 Å². The van der Waals surface area contributed by atoms with Crippen LogP contribution in [0.25, 0.3) is 0 Å². The topological polar surface area (TPSA) is 73.0 Å². The Bertz CT molecular complexity index is 1110. The predicted octanol–water partition coefficient (Wildman–Crippen LogP) is 2.43. The molecule has 3 heterocycles. The van der Waals surface area contributed by atoms with Crippen LogP contribution in [0.1, 0.15) is 5.56 Å². The number of hydrogen-bond acceptors (Lipinski definition) is 5. The minimum Gasteiger partial charge on any atom is -0.364 e. The predicted molar refractivity (Wildman–Crippen MR) is 114 cm³/mol. The van der Waals surface area contributed by atoms with Crippen LogP contribution >= 0.6 is 11.6 Å². The average molecular weight is 443 g/mol. The van der Waals surface area contributed by atoms with E-state index in [1.807, 2.05) is 19.2 Å². The molecule has 3 aliphatic heterocycles. The van der Waals surface area contributed by atoms with Crippen LogP contribution in [-0.2, 0) is 16.0 Å². The maximum absolute atomic E-state index is 14.0. The molecule has 2 atom stereocenters. The van der Waals surface area contributed by atoms with Gasteiger partial charge in [-0.25, -0.2) is 14.1 Å². The van der Waals surface area contributed by atoms with Gasteiger partial charge in [0, 0.05) is 36.8 Å². The first-order valence-corrected chi connectivity index (χ1v) is 10.4. The van der Waals surface area contributed by atoms with Gasteiger partial charge in [0.25, 0.3) is 5.91 Å². The molecule has 0 bridgehead atoms. The van der Waals surface area contributed by atoms with Crippen molar-refractivity contribution in [2.45, 2.75) is 12.5 Å². The number of urea groups is 1. The summed E-state index contributed by atoms with van der Waals surface area (Å²) in [5, 5.41) is 2.85. The number of carbonyl (C=O) groups excluding carboxylic acids is 3. The Morgan fingerprint density at radius 2 is 1.84 bits per heavy atom. The Balaban J connectivity index is 1.68. The molecule has 160 valence electrons. The highest BCUT2D eigenvalue weighted by atomic mass is 35.5. The lowest BCUT2D eigenvalue weighted by Crippen LogP contribution is -2.75. The fraction of sp³-hybridized carbons (Fsp3) is 0.318. The maximum atomic E-state index is 14.0. The number of benzene rings is 2. The highest BCUT2D eigenvalue weighted by Crippen LogP contribution is 2.47. The van der Waals surface area contributed by atoms with E-state index in [0.717, 1.165) is 17.1 Å². The van der Waals surface area contributed by atoms with Crippen molar-refractivity contribution in [2.24, 2.45) is 5.41 Å². The summed E-state index contributed by atoms with van der Waals surface area (Å²) < 4.78 is 13.4.